The molecule has 1 aliphatic heterocycles. The number of carbonyl (C=O) groups is 1. The Morgan fingerprint density at radius 1 is 1.32 bits per heavy atom. The molecule has 0 spiro atoms. The van der Waals surface area contributed by atoms with Gasteiger partial charge in [0.05, 0.1) is 11.1 Å². The number of carbonyl (C=O) groups excluding carboxylic acids is 1. The molecule has 0 fully saturated rings. The van der Waals surface area contributed by atoms with Crippen LogP contribution in [0.2, 0.25) is 0 Å². The molecule has 2 atom stereocenters. The maximum Gasteiger partial charge on any atom is 0.398 e. The number of alkyl halides is 4. The van der Waals surface area contributed by atoms with Gasteiger partial charge in [0, 0.05) is 17.7 Å². The third kappa shape index (κ3) is 3.65. The summed E-state index contributed by atoms with van der Waals surface area (Å²) >= 11 is 0. The van der Waals surface area contributed by atoms with Gasteiger partial charge >= 0.3 is 6.18 Å². The van der Waals surface area contributed by atoms with E-state index in [9.17, 15) is 26.7 Å². The Balaban J connectivity index is 2.21. The van der Waals surface area contributed by atoms with Gasteiger partial charge in [-0.05, 0) is 37.3 Å². The molecule has 0 bridgehead atoms. The van der Waals surface area contributed by atoms with Crippen LogP contribution in [0.3, 0.4) is 0 Å². The number of ether oxygens (including phenoxy) is 1. The number of aromatic nitrogens is 1. The Hall–Kier alpha value is -2.71. The van der Waals surface area contributed by atoms with Crippen molar-refractivity contribution < 1.29 is 31.5 Å². The lowest BCUT2D eigenvalue weighted by atomic mass is 9.84. The number of fused-ring (bicyclic) bond motifs is 1. The van der Waals surface area contributed by atoms with Gasteiger partial charge in [-0.1, -0.05) is 0 Å². The zero-order chi connectivity index (χ0) is 20.5. The number of benzene rings is 1. The lowest BCUT2D eigenvalue weighted by Gasteiger charge is -2.23. The van der Waals surface area contributed by atoms with Crippen molar-refractivity contribution in [3.8, 4) is 17.0 Å². The SMILES string of the molecule is CC1(CF)COc2c1cc(C(CNC=O)C(F)(F)F)nc2-c1ccc(F)cc1. The van der Waals surface area contributed by atoms with E-state index in [0.717, 1.165) is 12.1 Å². The van der Waals surface area contributed by atoms with Gasteiger partial charge in [0.1, 0.15) is 36.5 Å². The Morgan fingerprint density at radius 3 is 2.57 bits per heavy atom. The molecule has 1 aromatic carbocycles. The van der Waals surface area contributed by atoms with Crippen LogP contribution < -0.4 is 10.1 Å². The molecule has 3 rings (SSSR count). The summed E-state index contributed by atoms with van der Waals surface area (Å²) in [5.74, 6) is -2.43. The van der Waals surface area contributed by atoms with Crippen molar-refractivity contribution in [2.24, 2.45) is 0 Å². The number of rotatable bonds is 6. The molecule has 0 saturated heterocycles. The van der Waals surface area contributed by atoms with Crippen molar-refractivity contribution in [2.45, 2.75) is 24.4 Å². The van der Waals surface area contributed by atoms with E-state index >= 15 is 0 Å². The standard InChI is InChI=1S/C19H17F5N2O2/c1-18(8-20)9-28-17-13(18)6-15(14(7-25-10-27)19(22,23)24)26-16(17)11-2-4-12(21)5-3-11/h2-6,10,14H,7-9H2,1H3,(H,25,27). The molecule has 28 heavy (non-hydrogen) atoms. The van der Waals surface area contributed by atoms with Crippen LogP contribution in [0, 0.1) is 5.82 Å². The van der Waals surface area contributed by atoms with Crippen molar-refractivity contribution in [2.75, 3.05) is 19.8 Å². The van der Waals surface area contributed by atoms with Crippen LogP contribution in [0.5, 0.6) is 5.75 Å². The summed E-state index contributed by atoms with van der Waals surface area (Å²) in [7, 11) is 0. The van der Waals surface area contributed by atoms with E-state index in [4.69, 9.17) is 4.74 Å². The Kier molecular flexibility index (Phi) is 5.27. The van der Waals surface area contributed by atoms with Gasteiger partial charge in [0.15, 0.2) is 0 Å². The zero-order valence-corrected chi connectivity index (χ0v) is 14.8. The summed E-state index contributed by atoms with van der Waals surface area (Å²) in [6.45, 7) is -0.0603. The van der Waals surface area contributed by atoms with Crippen LogP contribution in [0.1, 0.15) is 24.1 Å². The quantitative estimate of drug-likeness (QED) is 0.591. The molecule has 0 radical (unpaired) electrons. The molecular formula is C19H17F5N2O2. The minimum Gasteiger partial charge on any atom is -0.490 e. The van der Waals surface area contributed by atoms with E-state index in [2.05, 4.69) is 4.98 Å². The molecule has 150 valence electrons. The fourth-order valence-electron chi connectivity index (χ4n) is 3.10. The van der Waals surface area contributed by atoms with Crippen LogP contribution in [0.25, 0.3) is 11.3 Å². The van der Waals surface area contributed by atoms with Crippen LogP contribution in [0.4, 0.5) is 22.0 Å². The van der Waals surface area contributed by atoms with Gasteiger partial charge in [-0.2, -0.15) is 13.2 Å². The van der Waals surface area contributed by atoms with Gasteiger partial charge in [-0.15, -0.1) is 0 Å². The minimum atomic E-state index is -4.69. The van der Waals surface area contributed by atoms with Crippen LogP contribution in [-0.4, -0.2) is 37.4 Å². The molecule has 9 heteroatoms. The first kappa shape index (κ1) is 20.0. The van der Waals surface area contributed by atoms with Crippen LogP contribution in [-0.2, 0) is 10.2 Å². The van der Waals surface area contributed by atoms with E-state index < -0.39 is 36.5 Å². The molecule has 1 aliphatic rings. The van der Waals surface area contributed by atoms with Crippen molar-refractivity contribution in [1.29, 1.82) is 0 Å². The molecular weight excluding hydrogens is 383 g/mol. The lowest BCUT2D eigenvalue weighted by Crippen LogP contribution is -2.32. The molecule has 0 saturated carbocycles. The Bertz CT molecular complexity index is 870. The van der Waals surface area contributed by atoms with E-state index in [0.29, 0.717) is 5.56 Å². The van der Waals surface area contributed by atoms with Crippen molar-refractivity contribution in [3.63, 3.8) is 0 Å². The first-order chi connectivity index (χ1) is 13.2. The fourth-order valence-corrected chi connectivity index (χ4v) is 3.10. The van der Waals surface area contributed by atoms with Gasteiger partial charge in [-0.3, -0.25) is 4.79 Å². The highest BCUT2D eigenvalue weighted by molar-refractivity contribution is 5.70. The number of hydrogen-bond donors (Lipinski definition) is 1. The molecule has 2 aromatic rings. The molecule has 1 amide bonds. The summed E-state index contributed by atoms with van der Waals surface area (Å²) in [6.07, 6.45) is -4.52. The average molecular weight is 400 g/mol. The van der Waals surface area contributed by atoms with Crippen molar-refractivity contribution in [1.82, 2.24) is 10.3 Å². The Morgan fingerprint density at radius 2 is 2.00 bits per heavy atom. The Labute approximate surface area is 157 Å². The molecule has 2 heterocycles. The van der Waals surface area contributed by atoms with E-state index in [1.807, 2.05) is 5.32 Å². The van der Waals surface area contributed by atoms with Crippen LogP contribution in [0.15, 0.2) is 30.3 Å². The van der Waals surface area contributed by atoms with E-state index in [-0.39, 0.29) is 35.7 Å². The predicted octanol–water partition coefficient (Wildman–Crippen LogP) is 3.90. The predicted molar refractivity (Wildman–Crippen MR) is 91.3 cm³/mol. The van der Waals surface area contributed by atoms with Gasteiger partial charge in [0.2, 0.25) is 6.41 Å². The number of pyridine rings is 1. The minimum absolute atomic E-state index is 0.0541. The highest BCUT2D eigenvalue weighted by atomic mass is 19.4. The smallest absolute Gasteiger partial charge is 0.398 e. The van der Waals surface area contributed by atoms with Crippen molar-refractivity contribution in [3.05, 3.63) is 47.4 Å². The second-order valence-electron chi connectivity index (χ2n) is 6.88. The number of hydrogen-bond acceptors (Lipinski definition) is 3. The first-order valence-corrected chi connectivity index (χ1v) is 8.43. The van der Waals surface area contributed by atoms with Gasteiger partial charge in [-0.25, -0.2) is 13.8 Å². The summed E-state index contributed by atoms with van der Waals surface area (Å²) < 4.78 is 73.3. The van der Waals surface area contributed by atoms with E-state index in [1.165, 1.54) is 18.2 Å². The van der Waals surface area contributed by atoms with E-state index in [1.54, 1.807) is 6.92 Å². The molecule has 1 N–H and O–H groups in total. The maximum atomic E-state index is 13.7. The molecule has 2 unspecified atom stereocenters. The summed E-state index contributed by atoms with van der Waals surface area (Å²) in [5, 5.41) is 2.03. The summed E-state index contributed by atoms with van der Waals surface area (Å²) in [5.41, 5.74) is -0.822. The normalized spacial score (nSPS) is 19.6. The number of halogens is 5. The summed E-state index contributed by atoms with van der Waals surface area (Å²) in [4.78, 5) is 14.6. The third-order valence-electron chi connectivity index (χ3n) is 4.75. The fraction of sp³-hybridized carbons (Fsp3) is 0.368. The maximum absolute atomic E-state index is 13.7. The topological polar surface area (TPSA) is 51.2 Å². The highest BCUT2D eigenvalue weighted by Gasteiger charge is 2.45. The number of nitrogens with zero attached hydrogens (tertiary/aromatic N) is 1. The second kappa shape index (κ2) is 7.37. The third-order valence-corrected chi connectivity index (χ3v) is 4.75. The molecule has 4 nitrogen and oxygen atoms in total. The molecule has 1 aromatic heterocycles. The zero-order valence-electron chi connectivity index (χ0n) is 14.8. The average Bonchev–Trinajstić information content (AvgIpc) is 2.99. The second-order valence-corrected chi connectivity index (χ2v) is 6.88. The summed E-state index contributed by atoms with van der Waals surface area (Å²) in [6, 6.07) is 6.20. The van der Waals surface area contributed by atoms with Gasteiger partial charge < -0.3 is 10.1 Å². The molecule has 0 aliphatic carbocycles. The number of nitrogens with one attached hydrogen (secondary N) is 1. The first-order valence-electron chi connectivity index (χ1n) is 8.43. The monoisotopic (exact) mass is 400 g/mol. The van der Waals surface area contributed by atoms with Gasteiger partial charge in [0.25, 0.3) is 0 Å². The highest BCUT2D eigenvalue weighted by Crippen LogP contribution is 2.46. The lowest BCUT2D eigenvalue weighted by molar-refractivity contribution is -0.150. The van der Waals surface area contributed by atoms with Crippen molar-refractivity contribution >= 4 is 6.41 Å². The largest absolute Gasteiger partial charge is 0.490 e. The number of amides is 1. The van der Waals surface area contributed by atoms with Crippen LogP contribution >= 0.6 is 0 Å².